The Bertz CT molecular complexity index is 363. The molecular formula is C9H13N5. The summed E-state index contributed by atoms with van der Waals surface area (Å²) >= 11 is 0. The van der Waals surface area contributed by atoms with E-state index in [2.05, 4.69) is 27.2 Å². The molecule has 0 radical (unpaired) electrons. The number of hydrogen-bond donors (Lipinski definition) is 0. The van der Waals surface area contributed by atoms with E-state index in [1.54, 1.807) is 6.34 Å². The molecule has 0 N–H and O–H groups in total. The average Bonchev–Trinajstić information content (AvgIpc) is 2.48. The summed E-state index contributed by atoms with van der Waals surface area (Å²) in [5, 5.41) is 8.18. The highest BCUT2D eigenvalue weighted by Gasteiger charge is 2.11. The van der Waals surface area contributed by atoms with E-state index in [1.807, 2.05) is 10.9 Å². The predicted octanol–water partition coefficient (Wildman–Crippen LogP) is 1.36. The van der Waals surface area contributed by atoms with Gasteiger partial charge in [0.2, 0.25) is 0 Å². The highest BCUT2D eigenvalue weighted by molar-refractivity contribution is 5.75. The lowest BCUT2D eigenvalue weighted by atomic mass is 10.2. The van der Waals surface area contributed by atoms with Crippen molar-refractivity contribution in [2.24, 2.45) is 9.98 Å². The minimum Gasteiger partial charge on any atom is -0.249 e. The summed E-state index contributed by atoms with van der Waals surface area (Å²) < 4.78 is 1.84. The van der Waals surface area contributed by atoms with Crippen molar-refractivity contribution < 1.29 is 0 Å². The lowest BCUT2D eigenvalue weighted by Gasteiger charge is -2.01. The maximum atomic E-state index is 4.24. The minimum atomic E-state index is 0.864. The lowest BCUT2D eigenvalue weighted by Crippen LogP contribution is -1.99. The van der Waals surface area contributed by atoms with Crippen LogP contribution in [0, 0.1) is 0 Å². The molecule has 5 heteroatoms. The van der Waals surface area contributed by atoms with Crippen LogP contribution in [0.4, 0.5) is 5.82 Å². The van der Waals surface area contributed by atoms with Gasteiger partial charge >= 0.3 is 0 Å². The fraction of sp³-hybridized carbons (Fsp3) is 0.556. The number of aliphatic imine (C=N–C) groups is 2. The molecule has 0 fully saturated rings. The van der Waals surface area contributed by atoms with E-state index in [0.29, 0.717) is 0 Å². The van der Waals surface area contributed by atoms with Crippen LogP contribution in [0.5, 0.6) is 0 Å². The molecule has 0 saturated heterocycles. The third-order valence-corrected chi connectivity index (χ3v) is 2.07. The van der Waals surface area contributed by atoms with Crippen LogP contribution in [-0.4, -0.2) is 27.5 Å². The molecule has 0 aliphatic carbocycles. The summed E-state index contributed by atoms with van der Waals surface area (Å²) in [6.45, 7) is 2.97. The molecule has 2 heterocycles. The third kappa shape index (κ3) is 1.71. The van der Waals surface area contributed by atoms with Gasteiger partial charge in [-0.3, -0.25) is 0 Å². The molecule has 1 aliphatic rings. The fourth-order valence-corrected chi connectivity index (χ4v) is 1.42. The summed E-state index contributed by atoms with van der Waals surface area (Å²) in [7, 11) is 0. The van der Waals surface area contributed by atoms with Crippen molar-refractivity contribution in [3.05, 3.63) is 5.69 Å². The normalized spacial score (nSPS) is 19.5. The highest BCUT2D eigenvalue weighted by atomic mass is 15.5. The van der Waals surface area contributed by atoms with E-state index in [1.165, 1.54) is 0 Å². The van der Waals surface area contributed by atoms with Crippen LogP contribution in [0.25, 0.3) is 0 Å². The molecule has 74 valence electrons. The minimum absolute atomic E-state index is 0.864. The van der Waals surface area contributed by atoms with Gasteiger partial charge in [0, 0.05) is 19.2 Å². The van der Waals surface area contributed by atoms with Gasteiger partial charge in [-0.1, -0.05) is 12.1 Å². The van der Waals surface area contributed by atoms with Gasteiger partial charge in [0.15, 0.2) is 5.82 Å². The van der Waals surface area contributed by atoms with Crippen LogP contribution in [0.15, 0.2) is 9.98 Å². The summed E-state index contributed by atoms with van der Waals surface area (Å²) in [5.41, 5.74) is 0.973. The molecule has 2 rings (SSSR count). The fourth-order valence-electron chi connectivity index (χ4n) is 1.42. The molecule has 0 bridgehead atoms. The molecular weight excluding hydrogens is 178 g/mol. The SMILES string of the molecule is CCCn1nnc2c1/N=C\N=C/CC2. The Morgan fingerprint density at radius 2 is 2.43 bits per heavy atom. The molecule has 0 aromatic carbocycles. The van der Waals surface area contributed by atoms with Gasteiger partial charge in [0.05, 0.1) is 0 Å². The van der Waals surface area contributed by atoms with Crippen molar-refractivity contribution >= 4 is 18.4 Å². The summed E-state index contributed by atoms with van der Waals surface area (Å²) in [4.78, 5) is 8.27. The van der Waals surface area contributed by atoms with Gasteiger partial charge in [-0.2, -0.15) is 0 Å². The second-order valence-electron chi connectivity index (χ2n) is 3.20. The van der Waals surface area contributed by atoms with Crippen molar-refractivity contribution in [3.63, 3.8) is 0 Å². The van der Waals surface area contributed by atoms with Crippen LogP contribution in [0.3, 0.4) is 0 Å². The van der Waals surface area contributed by atoms with Gasteiger partial charge < -0.3 is 0 Å². The first-order valence-corrected chi connectivity index (χ1v) is 4.88. The summed E-state index contributed by atoms with van der Waals surface area (Å²) in [6, 6.07) is 0. The molecule has 0 spiro atoms. The van der Waals surface area contributed by atoms with E-state index < -0.39 is 0 Å². The summed E-state index contributed by atoms with van der Waals surface area (Å²) in [6.07, 6.45) is 6.23. The van der Waals surface area contributed by atoms with Gasteiger partial charge in [0.1, 0.15) is 12.0 Å². The number of hydrogen-bond acceptors (Lipinski definition) is 4. The van der Waals surface area contributed by atoms with Crippen LogP contribution in [0.2, 0.25) is 0 Å². The number of rotatable bonds is 2. The van der Waals surface area contributed by atoms with Gasteiger partial charge in [-0.25, -0.2) is 14.7 Å². The standard InChI is InChI=1S/C9H13N5/c1-2-6-14-9-8(12-13-14)4-3-5-10-7-11-9/h5,7H,2-4,6H2,1H3/b10-5-,11-7-. The summed E-state index contributed by atoms with van der Waals surface area (Å²) in [5.74, 6) is 0.865. The van der Waals surface area contributed by atoms with E-state index in [9.17, 15) is 0 Å². The Morgan fingerprint density at radius 3 is 3.29 bits per heavy atom. The smallest absolute Gasteiger partial charge is 0.175 e. The first-order valence-electron chi connectivity index (χ1n) is 4.88. The number of fused-ring (bicyclic) bond motifs is 1. The van der Waals surface area contributed by atoms with E-state index in [-0.39, 0.29) is 0 Å². The van der Waals surface area contributed by atoms with Crippen molar-refractivity contribution in [3.8, 4) is 0 Å². The van der Waals surface area contributed by atoms with Crippen molar-refractivity contribution in [1.29, 1.82) is 0 Å². The average molecular weight is 191 g/mol. The molecule has 1 aliphatic heterocycles. The van der Waals surface area contributed by atoms with Crippen molar-refractivity contribution in [1.82, 2.24) is 15.0 Å². The monoisotopic (exact) mass is 191 g/mol. The zero-order chi connectivity index (χ0) is 9.80. The maximum Gasteiger partial charge on any atom is 0.175 e. The zero-order valence-corrected chi connectivity index (χ0v) is 8.22. The lowest BCUT2D eigenvalue weighted by molar-refractivity contribution is 0.582. The first-order chi connectivity index (χ1) is 6.92. The number of nitrogens with zero attached hydrogens (tertiary/aromatic N) is 5. The molecule has 0 atom stereocenters. The van der Waals surface area contributed by atoms with Gasteiger partial charge in [-0.05, 0) is 12.8 Å². The Hall–Kier alpha value is -1.52. The molecule has 0 saturated carbocycles. The van der Waals surface area contributed by atoms with E-state index in [0.717, 1.165) is 37.3 Å². The second-order valence-corrected chi connectivity index (χ2v) is 3.20. The third-order valence-electron chi connectivity index (χ3n) is 2.07. The van der Waals surface area contributed by atoms with Crippen molar-refractivity contribution in [2.75, 3.05) is 0 Å². The Labute approximate surface area is 82.6 Å². The van der Waals surface area contributed by atoms with Crippen LogP contribution >= 0.6 is 0 Å². The van der Waals surface area contributed by atoms with Gasteiger partial charge in [0.25, 0.3) is 0 Å². The Balaban J connectivity index is 2.34. The first kappa shape index (κ1) is 9.05. The predicted molar refractivity (Wildman–Crippen MR) is 55.3 cm³/mol. The largest absolute Gasteiger partial charge is 0.249 e. The van der Waals surface area contributed by atoms with Crippen LogP contribution < -0.4 is 0 Å². The quantitative estimate of drug-likeness (QED) is 0.708. The molecule has 0 amide bonds. The Morgan fingerprint density at radius 1 is 1.50 bits per heavy atom. The van der Waals surface area contributed by atoms with Crippen molar-refractivity contribution in [2.45, 2.75) is 32.7 Å². The van der Waals surface area contributed by atoms with Crippen LogP contribution in [0.1, 0.15) is 25.5 Å². The number of aromatic nitrogens is 3. The van der Waals surface area contributed by atoms with E-state index >= 15 is 0 Å². The molecule has 0 unspecified atom stereocenters. The zero-order valence-electron chi connectivity index (χ0n) is 8.22. The topological polar surface area (TPSA) is 55.4 Å². The second kappa shape index (κ2) is 4.13. The van der Waals surface area contributed by atoms with Gasteiger partial charge in [-0.15, -0.1) is 5.10 Å². The Kier molecular flexibility index (Phi) is 2.67. The number of aryl methyl sites for hydroxylation is 2. The molecule has 1 aromatic rings. The molecule has 14 heavy (non-hydrogen) atoms. The molecule has 1 aromatic heterocycles. The van der Waals surface area contributed by atoms with E-state index in [4.69, 9.17) is 0 Å². The highest BCUT2D eigenvalue weighted by Crippen LogP contribution is 2.18. The maximum absolute atomic E-state index is 4.24. The van der Waals surface area contributed by atoms with Crippen LogP contribution in [-0.2, 0) is 13.0 Å². The molecule has 5 nitrogen and oxygen atoms in total.